The van der Waals surface area contributed by atoms with Crippen molar-refractivity contribution in [3.05, 3.63) is 0 Å². The van der Waals surface area contributed by atoms with E-state index in [1.807, 2.05) is 6.92 Å². The standard InChI is InChI=1S/C10H18O7/c1-2-8(9(11)12)6-4-3-5-7-15-17-16-10(13)14/h8H,2-7H2,1H3,(H,11,12)(H,13,14). The molecule has 0 aromatic carbocycles. The molecule has 0 heterocycles. The molecule has 0 fully saturated rings. The smallest absolute Gasteiger partial charge is 0.481 e. The highest BCUT2D eigenvalue weighted by Crippen LogP contribution is 2.13. The molecule has 1 unspecified atom stereocenters. The van der Waals surface area contributed by atoms with Crippen LogP contribution < -0.4 is 0 Å². The van der Waals surface area contributed by atoms with Crippen LogP contribution in [0.4, 0.5) is 4.79 Å². The first kappa shape index (κ1) is 15.7. The van der Waals surface area contributed by atoms with E-state index in [-0.39, 0.29) is 12.5 Å². The third kappa shape index (κ3) is 9.58. The number of unbranched alkanes of at least 4 members (excludes halogenated alkanes) is 2. The Morgan fingerprint density at radius 3 is 2.41 bits per heavy atom. The van der Waals surface area contributed by atoms with E-state index in [1.54, 1.807) is 0 Å². The molecule has 7 heteroatoms. The molecule has 0 rings (SSSR count). The van der Waals surface area contributed by atoms with Gasteiger partial charge in [0, 0.05) is 0 Å². The summed E-state index contributed by atoms with van der Waals surface area (Å²) in [6, 6.07) is 0. The second-order valence-corrected chi connectivity index (χ2v) is 3.53. The van der Waals surface area contributed by atoms with Crippen LogP contribution in [0.2, 0.25) is 0 Å². The largest absolute Gasteiger partial charge is 0.540 e. The van der Waals surface area contributed by atoms with E-state index in [0.717, 1.165) is 12.8 Å². The zero-order valence-corrected chi connectivity index (χ0v) is 9.76. The first-order valence-corrected chi connectivity index (χ1v) is 5.49. The van der Waals surface area contributed by atoms with E-state index < -0.39 is 12.1 Å². The van der Waals surface area contributed by atoms with Crippen molar-refractivity contribution in [3.8, 4) is 0 Å². The van der Waals surface area contributed by atoms with Gasteiger partial charge >= 0.3 is 12.1 Å². The Balaban J connectivity index is 3.28. The van der Waals surface area contributed by atoms with Gasteiger partial charge in [0.05, 0.1) is 12.5 Å². The van der Waals surface area contributed by atoms with Crippen LogP contribution in [-0.4, -0.2) is 28.9 Å². The molecule has 17 heavy (non-hydrogen) atoms. The molecule has 0 aromatic heterocycles. The lowest BCUT2D eigenvalue weighted by molar-refractivity contribution is -0.485. The minimum absolute atomic E-state index is 0.205. The quantitative estimate of drug-likeness (QED) is 0.348. The molecule has 7 nitrogen and oxygen atoms in total. The molecular weight excluding hydrogens is 232 g/mol. The highest BCUT2D eigenvalue weighted by Gasteiger charge is 2.13. The molecule has 0 aliphatic rings. The van der Waals surface area contributed by atoms with Crippen LogP contribution in [-0.2, 0) is 19.6 Å². The van der Waals surface area contributed by atoms with Crippen LogP contribution in [0.15, 0.2) is 0 Å². The normalized spacial score (nSPS) is 12.1. The van der Waals surface area contributed by atoms with Crippen LogP contribution in [0, 0.1) is 5.92 Å². The van der Waals surface area contributed by atoms with E-state index in [4.69, 9.17) is 10.2 Å². The van der Waals surface area contributed by atoms with Crippen molar-refractivity contribution >= 4 is 12.1 Å². The molecular formula is C10H18O7. The lowest BCUT2D eigenvalue weighted by Crippen LogP contribution is -2.12. The van der Waals surface area contributed by atoms with Crippen molar-refractivity contribution < 1.29 is 34.6 Å². The van der Waals surface area contributed by atoms with Crippen molar-refractivity contribution in [1.29, 1.82) is 0 Å². The summed E-state index contributed by atoms with van der Waals surface area (Å²) >= 11 is 0. The van der Waals surface area contributed by atoms with E-state index in [2.05, 4.69) is 14.8 Å². The predicted octanol–water partition coefficient (Wildman–Crippen LogP) is 2.22. The zero-order valence-electron chi connectivity index (χ0n) is 9.76. The van der Waals surface area contributed by atoms with E-state index in [1.165, 1.54) is 0 Å². The van der Waals surface area contributed by atoms with Crippen LogP contribution in [0.5, 0.6) is 0 Å². The second kappa shape index (κ2) is 9.86. The molecule has 0 aliphatic heterocycles. The highest BCUT2D eigenvalue weighted by atomic mass is 17.5. The summed E-state index contributed by atoms with van der Waals surface area (Å²) in [6.07, 6.45) is 1.92. The Kier molecular flexibility index (Phi) is 9.08. The summed E-state index contributed by atoms with van der Waals surface area (Å²) in [5.41, 5.74) is 0. The van der Waals surface area contributed by atoms with Gasteiger partial charge in [-0.15, -0.1) is 0 Å². The number of hydrogen-bond donors (Lipinski definition) is 2. The van der Waals surface area contributed by atoms with Gasteiger partial charge in [-0.3, -0.25) is 4.79 Å². The molecule has 0 aromatic rings. The summed E-state index contributed by atoms with van der Waals surface area (Å²) in [6.45, 7) is 2.05. The number of carbonyl (C=O) groups is 2. The molecule has 1 atom stereocenters. The first-order valence-electron chi connectivity index (χ1n) is 5.49. The van der Waals surface area contributed by atoms with Gasteiger partial charge in [-0.05, 0) is 24.3 Å². The predicted molar refractivity (Wildman–Crippen MR) is 56.0 cm³/mol. The monoisotopic (exact) mass is 250 g/mol. The van der Waals surface area contributed by atoms with Gasteiger partial charge in [0.2, 0.25) is 0 Å². The summed E-state index contributed by atoms with van der Waals surface area (Å²) in [7, 11) is 0. The molecule has 0 saturated heterocycles. The van der Waals surface area contributed by atoms with Gasteiger partial charge in [0.15, 0.2) is 0 Å². The SMILES string of the molecule is CCC(CCCCCOOOC(=O)O)C(=O)O. The van der Waals surface area contributed by atoms with E-state index >= 15 is 0 Å². The van der Waals surface area contributed by atoms with Gasteiger partial charge in [-0.1, -0.05) is 19.8 Å². The van der Waals surface area contributed by atoms with Gasteiger partial charge in [0.25, 0.3) is 0 Å². The van der Waals surface area contributed by atoms with Crippen molar-refractivity contribution in [2.75, 3.05) is 6.61 Å². The summed E-state index contributed by atoms with van der Waals surface area (Å²) in [5.74, 6) is -1.05. The Hall–Kier alpha value is -1.34. The van der Waals surface area contributed by atoms with Crippen LogP contribution in [0.25, 0.3) is 0 Å². The molecule has 0 aliphatic carbocycles. The fraction of sp³-hybridized carbons (Fsp3) is 0.800. The maximum absolute atomic E-state index is 10.7. The Labute approximate surface area is 99.1 Å². The fourth-order valence-corrected chi connectivity index (χ4v) is 1.32. The number of aliphatic carboxylic acids is 1. The number of rotatable bonds is 10. The molecule has 100 valence electrons. The van der Waals surface area contributed by atoms with Gasteiger partial charge < -0.3 is 10.2 Å². The van der Waals surface area contributed by atoms with Crippen LogP contribution in [0.1, 0.15) is 39.0 Å². The topological polar surface area (TPSA) is 102 Å². The molecule has 2 N–H and O–H groups in total. The lowest BCUT2D eigenvalue weighted by Gasteiger charge is -2.08. The van der Waals surface area contributed by atoms with Gasteiger partial charge in [-0.25, -0.2) is 9.68 Å². The third-order valence-corrected chi connectivity index (χ3v) is 2.28. The minimum Gasteiger partial charge on any atom is -0.481 e. The summed E-state index contributed by atoms with van der Waals surface area (Å²) in [5, 5.41) is 20.7. The van der Waals surface area contributed by atoms with Gasteiger partial charge in [0.1, 0.15) is 0 Å². The minimum atomic E-state index is -1.57. The number of hydrogen-bond acceptors (Lipinski definition) is 5. The summed E-state index contributed by atoms with van der Waals surface area (Å²) in [4.78, 5) is 28.6. The van der Waals surface area contributed by atoms with Crippen LogP contribution in [0.3, 0.4) is 0 Å². The Morgan fingerprint density at radius 1 is 1.18 bits per heavy atom. The van der Waals surface area contributed by atoms with Crippen LogP contribution >= 0.6 is 0 Å². The molecule has 0 spiro atoms. The Morgan fingerprint density at radius 2 is 1.88 bits per heavy atom. The molecule has 0 radical (unpaired) electrons. The number of carboxylic acid groups (broad SMARTS) is 2. The average molecular weight is 250 g/mol. The summed E-state index contributed by atoms with van der Waals surface area (Å²) < 4.78 is 0. The maximum Gasteiger partial charge on any atom is 0.540 e. The number of carboxylic acids is 1. The molecule has 0 saturated carbocycles. The second-order valence-electron chi connectivity index (χ2n) is 3.53. The lowest BCUT2D eigenvalue weighted by atomic mass is 9.99. The Bertz CT molecular complexity index is 229. The third-order valence-electron chi connectivity index (χ3n) is 2.28. The zero-order chi connectivity index (χ0) is 13.1. The highest BCUT2D eigenvalue weighted by molar-refractivity contribution is 5.69. The van der Waals surface area contributed by atoms with E-state index in [0.29, 0.717) is 19.3 Å². The first-order chi connectivity index (χ1) is 8.07. The van der Waals surface area contributed by atoms with Gasteiger partial charge in [-0.2, -0.15) is 4.89 Å². The fourth-order valence-electron chi connectivity index (χ4n) is 1.32. The average Bonchev–Trinajstić information content (AvgIpc) is 2.26. The molecule has 0 amide bonds. The van der Waals surface area contributed by atoms with Crippen molar-refractivity contribution in [2.45, 2.75) is 39.0 Å². The van der Waals surface area contributed by atoms with Crippen molar-refractivity contribution in [1.82, 2.24) is 0 Å². The van der Waals surface area contributed by atoms with E-state index in [9.17, 15) is 9.59 Å². The molecule has 0 bridgehead atoms. The van der Waals surface area contributed by atoms with Crippen molar-refractivity contribution in [2.24, 2.45) is 5.92 Å². The maximum atomic E-state index is 10.7. The van der Waals surface area contributed by atoms with Crippen molar-refractivity contribution in [3.63, 3.8) is 0 Å².